The highest BCUT2D eigenvalue weighted by atomic mass is 19.1. The van der Waals surface area contributed by atoms with Crippen molar-refractivity contribution < 1.29 is 19.0 Å². The SMILES string of the molecule is OCC(O)c1ccc(F)cc1F. The second kappa shape index (κ2) is 3.60. The summed E-state index contributed by atoms with van der Waals surface area (Å²) in [7, 11) is 0. The zero-order valence-electron chi connectivity index (χ0n) is 6.17. The first kappa shape index (κ1) is 9.09. The van der Waals surface area contributed by atoms with Crippen LogP contribution in [-0.4, -0.2) is 16.8 Å². The first-order chi connectivity index (χ1) is 5.65. The predicted molar refractivity (Wildman–Crippen MR) is 38.4 cm³/mol. The van der Waals surface area contributed by atoms with Crippen molar-refractivity contribution in [3.8, 4) is 0 Å². The molecule has 2 nitrogen and oxygen atoms in total. The van der Waals surface area contributed by atoms with Crippen LogP contribution in [0, 0.1) is 11.6 Å². The molecule has 66 valence electrons. The summed E-state index contributed by atoms with van der Waals surface area (Å²) in [5, 5.41) is 17.5. The lowest BCUT2D eigenvalue weighted by Gasteiger charge is -2.07. The molecule has 1 aromatic rings. The third-order valence-electron chi connectivity index (χ3n) is 1.49. The van der Waals surface area contributed by atoms with Gasteiger partial charge in [-0.05, 0) is 6.07 Å². The average molecular weight is 174 g/mol. The molecule has 2 N–H and O–H groups in total. The number of benzene rings is 1. The van der Waals surface area contributed by atoms with Crippen LogP contribution in [0.2, 0.25) is 0 Å². The number of halogens is 2. The number of hydrogen-bond donors (Lipinski definition) is 2. The molecule has 1 rings (SSSR count). The number of aliphatic hydroxyl groups excluding tert-OH is 2. The van der Waals surface area contributed by atoms with Crippen LogP contribution in [0.4, 0.5) is 8.78 Å². The van der Waals surface area contributed by atoms with Crippen LogP contribution in [0.5, 0.6) is 0 Å². The summed E-state index contributed by atoms with van der Waals surface area (Å²) in [5.74, 6) is -1.56. The number of rotatable bonds is 2. The molecule has 1 atom stereocenters. The first-order valence-corrected chi connectivity index (χ1v) is 3.39. The Balaban J connectivity index is 3.01. The predicted octanol–water partition coefficient (Wildman–Crippen LogP) is 0.990. The van der Waals surface area contributed by atoms with Gasteiger partial charge in [-0.15, -0.1) is 0 Å². The van der Waals surface area contributed by atoms with E-state index in [2.05, 4.69) is 0 Å². The van der Waals surface area contributed by atoms with Crippen LogP contribution < -0.4 is 0 Å². The van der Waals surface area contributed by atoms with Crippen LogP contribution in [0.15, 0.2) is 18.2 Å². The maximum atomic E-state index is 12.8. The summed E-state index contributed by atoms with van der Waals surface area (Å²) < 4.78 is 25.1. The minimum Gasteiger partial charge on any atom is -0.393 e. The van der Waals surface area contributed by atoms with Gasteiger partial charge in [-0.2, -0.15) is 0 Å². The number of aliphatic hydroxyl groups is 2. The molecule has 0 aromatic heterocycles. The fourth-order valence-corrected chi connectivity index (χ4v) is 0.870. The molecule has 0 bridgehead atoms. The second-order valence-electron chi connectivity index (χ2n) is 2.36. The van der Waals surface area contributed by atoms with Crippen molar-refractivity contribution in [2.75, 3.05) is 6.61 Å². The van der Waals surface area contributed by atoms with Crippen LogP contribution in [0.3, 0.4) is 0 Å². The highest BCUT2D eigenvalue weighted by molar-refractivity contribution is 5.20. The minimum atomic E-state index is -1.29. The van der Waals surface area contributed by atoms with Crippen molar-refractivity contribution in [3.05, 3.63) is 35.4 Å². The molecule has 0 aliphatic heterocycles. The Kier molecular flexibility index (Phi) is 2.73. The van der Waals surface area contributed by atoms with Gasteiger partial charge in [-0.1, -0.05) is 6.07 Å². The van der Waals surface area contributed by atoms with Crippen molar-refractivity contribution in [2.24, 2.45) is 0 Å². The molecule has 0 spiro atoms. The van der Waals surface area contributed by atoms with Gasteiger partial charge >= 0.3 is 0 Å². The molecule has 12 heavy (non-hydrogen) atoms. The van der Waals surface area contributed by atoms with E-state index in [1.807, 2.05) is 0 Å². The summed E-state index contributed by atoms with van der Waals surface area (Å²) in [6.07, 6.45) is -1.29. The third-order valence-corrected chi connectivity index (χ3v) is 1.49. The number of hydrogen-bond acceptors (Lipinski definition) is 2. The first-order valence-electron chi connectivity index (χ1n) is 3.39. The summed E-state index contributed by atoms with van der Waals surface area (Å²) in [6, 6.07) is 2.79. The molecule has 0 radical (unpaired) electrons. The lowest BCUT2D eigenvalue weighted by atomic mass is 10.1. The average Bonchev–Trinajstić information content (AvgIpc) is 2.03. The van der Waals surface area contributed by atoms with Crippen molar-refractivity contribution >= 4 is 0 Å². The van der Waals surface area contributed by atoms with E-state index in [-0.39, 0.29) is 5.56 Å². The van der Waals surface area contributed by atoms with Gasteiger partial charge in [-0.25, -0.2) is 8.78 Å². The van der Waals surface area contributed by atoms with Crippen LogP contribution in [0.1, 0.15) is 11.7 Å². The van der Waals surface area contributed by atoms with Gasteiger partial charge in [0.15, 0.2) is 0 Å². The standard InChI is InChI=1S/C8H8F2O2/c9-5-1-2-6(7(10)3-5)8(12)4-11/h1-3,8,11-12H,4H2. The Bertz CT molecular complexity index is 276. The molecular formula is C8H8F2O2. The molecule has 0 fully saturated rings. The zero-order valence-corrected chi connectivity index (χ0v) is 6.17. The topological polar surface area (TPSA) is 40.5 Å². The lowest BCUT2D eigenvalue weighted by molar-refractivity contribution is 0.0925. The monoisotopic (exact) mass is 174 g/mol. The van der Waals surface area contributed by atoms with E-state index in [1.54, 1.807) is 0 Å². The van der Waals surface area contributed by atoms with Crippen molar-refractivity contribution in [2.45, 2.75) is 6.10 Å². The molecule has 0 aliphatic rings. The van der Waals surface area contributed by atoms with Crippen LogP contribution in [-0.2, 0) is 0 Å². The van der Waals surface area contributed by atoms with Crippen molar-refractivity contribution in [1.82, 2.24) is 0 Å². The van der Waals surface area contributed by atoms with Crippen molar-refractivity contribution in [3.63, 3.8) is 0 Å². The largest absolute Gasteiger partial charge is 0.393 e. The molecule has 0 aliphatic carbocycles. The van der Waals surface area contributed by atoms with Gasteiger partial charge < -0.3 is 10.2 Å². The molecular weight excluding hydrogens is 166 g/mol. The van der Waals surface area contributed by atoms with Gasteiger partial charge in [0.1, 0.15) is 17.7 Å². The smallest absolute Gasteiger partial charge is 0.132 e. The Morgan fingerprint density at radius 1 is 1.33 bits per heavy atom. The maximum Gasteiger partial charge on any atom is 0.132 e. The summed E-state index contributed by atoms with van der Waals surface area (Å²) in [5.41, 5.74) is -0.0982. The summed E-state index contributed by atoms with van der Waals surface area (Å²) >= 11 is 0. The fraction of sp³-hybridized carbons (Fsp3) is 0.250. The van der Waals surface area contributed by atoms with E-state index >= 15 is 0 Å². The zero-order chi connectivity index (χ0) is 9.14. The van der Waals surface area contributed by atoms with E-state index in [1.165, 1.54) is 0 Å². The molecule has 1 aromatic carbocycles. The molecule has 0 heterocycles. The second-order valence-corrected chi connectivity index (χ2v) is 2.36. The highest BCUT2D eigenvalue weighted by Crippen LogP contribution is 2.16. The van der Waals surface area contributed by atoms with E-state index in [4.69, 9.17) is 10.2 Å². The summed E-state index contributed by atoms with van der Waals surface area (Å²) in [4.78, 5) is 0. The van der Waals surface area contributed by atoms with E-state index in [0.29, 0.717) is 6.07 Å². The highest BCUT2D eigenvalue weighted by Gasteiger charge is 2.11. The van der Waals surface area contributed by atoms with E-state index in [0.717, 1.165) is 12.1 Å². The Labute approximate surface area is 68.1 Å². The molecule has 1 unspecified atom stereocenters. The third kappa shape index (κ3) is 1.78. The molecule has 0 amide bonds. The van der Waals surface area contributed by atoms with E-state index in [9.17, 15) is 8.78 Å². The quantitative estimate of drug-likeness (QED) is 0.701. The van der Waals surface area contributed by atoms with Crippen LogP contribution in [0.25, 0.3) is 0 Å². The fourth-order valence-electron chi connectivity index (χ4n) is 0.870. The summed E-state index contributed by atoms with van der Waals surface area (Å²) in [6.45, 7) is -0.581. The normalized spacial score (nSPS) is 13.0. The Morgan fingerprint density at radius 2 is 2.00 bits per heavy atom. The molecule has 0 saturated carbocycles. The van der Waals surface area contributed by atoms with Gasteiger partial charge in [0.2, 0.25) is 0 Å². The Hall–Kier alpha value is -1.00. The van der Waals surface area contributed by atoms with Gasteiger partial charge in [0.05, 0.1) is 6.61 Å². The lowest BCUT2D eigenvalue weighted by Crippen LogP contribution is -2.05. The van der Waals surface area contributed by atoms with Gasteiger partial charge in [-0.3, -0.25) is 0 Å². The van der Waals surface area contributed by atoms with Gasteiger partial charge in [0, 0.05) is 11.6 Å². The molecule has 0 saturated heterocycles. The van der Waals surface area contributed by atoms with Crippen molar-refractivity contribution in [1.29, 1.82) is 0 Å². The Morgan fingerprint density at radius 3 is 2.50 bits per heavy atom. The van der Waals surface area contributed by atoms with Crippen LogP contribution >= 0.6 is 0 Å². The molecule has 4 heteroatoms. The minimum absolute atomic E-state index is 0.0982. The van der Waals surface area contributed by atoms with E-state index < -0.39 is 24.3 Å². The van der Waals surface area contributed by atoms with Gasteiger partial charge in [0.25, 0.3) is 0 Å². The maximum absolute atomic E-state index is 12.8.